The van der Waals surface area contributed by atoms with Crippen LogP contribution in [0.5, 0.6) is 11.5 Å². The third-order valence-electron chi connectivity index (χ3n) is 3.00. The molecule has 1 rings (SSSR count). The highest BCUT2D eigenvalue weighted by Crippen LogP contribution is 2.31. The Labute approximate surface area is 108 Å². The van der Waals surface area contributed by atoms with Crippen molar-refractivity contribution in [2.75, 3.05) is 21.3 Å². The third-order valence-corrected chi connectivity index (χ3v) is 3.00. The lowest BCUT2D eigenvalue weighted by molar-refractivity contribution is -0.0201. The van der Waals surface area contributed by atoms with Gasteiger partial charge >= 0.3 is 0 Å². The van der Waals surface area contributed by atoms with Gasteiger partial charge in [0.2, 0.25) is 0 Å². The largest absolute Gasteiger partial charge is 0.497 e. The summed E-state index contributed by atoms with van der Waals surface area (Å²) in [6, 6.07) is 5.38. The van der Waals surface area contributed by atoms with Gasteiger partial charge in [-0.3, -0.25) is 0 Å². The van der Waals surface area contributed by atoms with E-state index in [1.165, 1.54) is 0 Å². The van der Waals surface area contributed by atoms with E-state index in [0.29, 0.717) is 17.9 Å². The molecule has 18 heavy (non-hydrogen) atoms. The molecule has 0 fully saturated rings. The molecule has 0 aromatic heterocycles. The van der Waals surface area contributed by atoms with Crippen molar-refractivity contribution in [3.8, 4) is 11.5 Å². The maximum absolute atomic E-state index is 10.2. The lowest BCUT2D eigenvalue weighted by Gasteiger charge is -2.26. The zero-order valence-electron chi connectivity index (χ0n) is 11.7. The first-order valence-corrected chi connectivity index (χ1v) is 5.88. The van der Waals surface area contributed by atoms with Crippen LogP contribution in [0.1, 0.15) is 31.9 Å². The van der Waals surface area contributed by atoms with E-state index in [9.17, 15) is 5.11 Å². The van der Waals surface area contributed by atoms with Crippen LogP contribution in [0, 0.1) is 0 Å². The topological polar surface area (TPSA) is 47.9 Å². The van der Waals surface area contributed by atoms with E-state index in [2.05, 4.69) is 0 Å². The molecule has 0 saturated heterocycles. The van der Waals surface area contributed by atoms with Crippen LogP contribution in [0.25, 0.3) is 0 Å². The predicted octanol–water partition coefficient (Wildman–Crippen LogP) is 2.55. The molecule has 102 valence electrons. The van der Waals surface area contributed by atoms with Gasteiger partial charge in [-0.25, -0.2) is 0 Å². The van der Waals surface area contributed by atoms with Gasteiger partial charge in [0.15, 0.2) is 0 Å². The number of methoxy groups -OCH3 is 3. The molecule has 1 unspecified atom stereocenters. The summed E-state index contributed by atoms with van der Waals surface area (Å²) >= 11 is 0. The van der Waals surface area contributed by atoms with Gasteiger partial charge in [-0.2, -0.15) is 0 Å². The summed E-state index contributed by atoms with van der Waals surface area (Å²) in [5, 5.41) is 10.2. The van der Waals surface area contributed by atoms with E-state index in [0.717, 1.165) is 5.56 Å². The molecule has 0 radical (unpaired) electrons. The zero-order chi connectivity index (χ0) is 13.8. The molecule has 4 heteroatoms. The van der Waals surface area contributed by atoms with Gasteiger partial charge in [-0.1, -0.05) is 0 Å². The number of rotatable bonds is 6. The second kappa shape index (κ2) is 6.07. The smallest absolute Gasteiger partial charge is 0.122 e. The van der Waals surface area contributed by atoms with Crippen molar-refractivity contribution in [2.45, 2.75) is 32.0 Å². The Morgan fingerprint density at radius 1 is 1.06 bits per heavy atom. The first-order chi connectivity index (χ1) is 8.41. The van der Waals surface area contributed by atoms with Crippen molar-refractivity contribution >= 4 is 0 Å². The van der Waals surface area contributed by atoms with Crippen molar-refractivity contribution in [2.24, 2.45) is 0 Å². The molecule has 0 heterocycles. The van der Waals surface area contributed by atoms with E-state index in [1.54, 1.807) is 39.5 Å². The molecule has 0 spiro atoms. The standard InChI is InChI=1S/C14H22O4/c1-14(2,18-5)9-13(15)10-6-11(16-3)8-12(7-10)17-4/h6-8,13,15H,9H2,1-5H3. The predicted molar refractivity (Wildman–Crippen MR) is 70.2 cm³/mol. The second-order valence-electron chi connectivity index (χ2n) is 4.83. The maximum atomic E-state index is 10.2. The molecule has 1 atom stereocenters. The normalized spacial score (nSPS) is 13.2. The number of aliphatic hydroxyl groups excluding tert-OH is 1. The van der Waals surface area contributed by atoms with Crippen LogP contribution in [0.15, 0.2) is 18.2 Å². The number of aliphatic hydroxyl groups is 1. The molecule has 0 amide bonds. The molecule has 0 aliphatic carbocycles. The zero-order valence-corrected chi connectivity index (χ0v) is 11.7. The highest BCUT2D eigenvalue weighted by Gasteiger charge is 2.23. The van der Waals surface area contributed by atoms with E-state index >= 15 is 0 Å². The minimum absolute atomic E-state index is 0.379. The van der Waals surface area contributed by atoms with Gasteiger partial charge in [-0.05, 0) is 31.5 Å². The molecule has 0 aliphatic rings. The molecule has 1 N–H and O–H groups in total. The first kappa shape index (κ1) is 14.8. The minimum atomic E-state index is -0.621. The Hall–Kier alpha value is -1.26. The fourth-order valence-electron chi connectivity index (χ4n) is 1.69. The summed E-state index contributed by atoms with van der Waals surface area (Å²) in [5.41, 5.74) is 0.381. The van der Waals surface area contributed by atoms with Gasteiger partial charge in [0.25, 0.3) is 0 Å². The summed E-state index contributed by atoms with van der Waals surface area (Å²) < 4.78 is 15.7. The monoisotopic (exact) mass is 254 g/mol. The molecule has 1 aromatic carbocycles. The maximum Gasteiger partial charge on any atom is 0.122 e. The van der Waals surface area contributed by atoms with Gasteiger partial charge in [0.1, 0.15) is 11.5 Å². The summed E-state index contributed by atoms with van der Waals surface area (Å²) in [6.07, 6.45) is -0.122. The SMILES string of the molecule is COc1cc(OC)cc(C(O)CC(C)(C)OC)c1. The van der Waals surface area contributed by atoms with Gasteiger partial charge in [0.05, 0.1) is 25.9 Å². The minimum Gasteiger partial charge on any atom is -0.497 e. The Balaban J connectivity index is 2.94. The Morgan fingerprint density at radius 2 is 1.56 bits per heavy atom. The van der Waals surface area contributed by atoms with Gasteiger partial charge < -0.3 is 19.3 Å². The number of benzene rings is 1. The van der Waals surface area contributed by atoms with Crippen molar-refractivity contribution in [3.05, 3.63) is 23.8 Å². The Morgan fingerprint density at radius 3 is 1.94 bits per heavy atom. The lowest BCUT2D eigenvalue weighted by Crippen LogP contribution is -2.25. The average Bonchev–Trinajstić information content (AvgIpc) is 2.37. The second-order valence-corrected chi connectivity index (χ2v) is 4.83. The van der Waals surface area contributed by atoms with E-state index in [4.69, 9.17) is 14.2 Å². The fourth-order valence-corrected chi connectivity index (χ4v) is 1.69. The number of hydrogen-bond donors (Lipinski definition) is 1. The van der Waals surface area contributed by atoms with Crippen molar-refractivity contribution in [1.29, 1.82) is 0 Å². The van der Waals surface area contributed by atoms with Gasteiger partial charge in [0, 0.05) is 19.6 Å². The van der Waals surface area contributed by atoms with Crippen LogP contribution >= 0.6 is 0 Å². The Kier molecular flexibility index (Phi) is 4.99. The van der Waals surface area contributed by atoms with E-state index in [-0.39, 0.29) is 5.60 Å². The van der Waals surface area contributed by atoms with E-state index < -0.39 is 6.10 Å². The molecule has 0 saturated carbocycles. The van der Waals surface area contributed by atoms with Crippen LogP contribution < -0.4 is 9.47 Å². The number of hydrogen-bond acceptors (Lipinski definition) is 4. The number of ether oxygens (including phenoxy) is 3. The average molecular weight is 254 g/mol. The Bertz CT molecular complexity index is 365. The highest BCUT2D eigenvalue weighted by atomic mass is 16.5. The lowest BCUT2D eigenvalue weighted by atomic mass is 9.95. The van der Waals surface area contributed by atoms with Crippen LogP contribution in [0.2, 0.25) is 0 Å². The molecule has 0 aliphatic heterocycles. The van der Waals surface area contributed by atoms with E-state index in [1.807, 2.05) is 13.8 Å². The van der Waals surface area contributed by atoms with Crippen molar-refractivity contribution in [3.63, 3.8) is 0 Å². The van der Waals surface area contributed by atoms with Crippen LogP contribution in [0.4, 0.5) is 0 Å². The van der Waals surface area contributed by atoms with Crippen LogP contribution in [-0.4, -0.2) is 32.0 Å². The highest BCUT2D eigenvalue weighted by molar-refractivity contribution is 5.39. The first-order valence-electron chi connectivity index (χ1n) is 5.88. The quantitative estimate of drug-likeness (QED) is 0.847. The van der Waals surface area contributed by atoms with Gasteiger partial charge in [-0.15, -0.1) is 0 Å². The van der Waals surface area contributed by atoms with Crippen LogP contribution in [-0.2, 0) is 4.74 Å². The molecular formula is C14H22O4. The summed E-state index contributed by atoms with van der Waals surface area (Å²) in [5.74, 6) is 1.33. The third kappa shape index (κ3) is 3.89. The van der Waals surface area contributed by atoms with Crippen LogP contribution in [0.3, 0.4) is 0 Å². The summed E-state index contributed by atoms with van der Waals surface area (Å²) in [6.45, 7) is 3.88. The summed E-state index contributed by atoms with van der Waals surface area (Å²) in [7, 11) is 4.81. The summed E-state index contributed by atoms with van der Waals surface area (Å²) in [4.78, 5) is 0. The van der Waals surface area contributed by atoms with Crippen molar-refractivity contribution < 1.29 is 19.3 Å². The molecular weight excluding hydrogens is 232 g/mol. The fraction of sp³-hybridized carbons (Fsp3) is 0.571. The molecule has 4 nitrogen and oxygen atoms in total. The molecule has 1 aromatic rings. The van der Waals surface area contributed by atoms with Crippen molar-refractivity contribution in [1.82, 2.24) is 0 Å². The molecule has 0 bridgehead atoms.